The minimum absolute atomic E-state index is 0. The van der Waals surface area contributed by atoms with E-state index in [1.165, 1.54) is 0 Å². The third-order valence-corrected chi connectivity index (χ3v) is 1.67. The Morgan fingerprint density at radius 3 is 2.25 bits per heavy atom. The number of benzene rings is 1. The average Bonchev–Trinajstić information content (AvgIpc) is 2.05. The topological polar surface area (TPSA) is 37.3 Å². The van der Waals surface area contributed by atoms with Crippen LogP contribution < -0.4 is 0 Å². The van der Waals surface area contributed by atoms with Crippen LogP contribution in [0.2, 0.25) is 0 Å². The third kappa shape index (κ3) is 2.97. The van der Waals surface area contributed by atoms with Crippen LogP contribution in [-0.4, -0.2) is 40.6 Å². The van der Waals surface area contributed by atoms with Gasteiger partial charge in [-0.1, -0.05) is 30.3 Å². The first kappa shape index (κ1) is 11.7. The summed E-state index contributed by atoms with van der Waals surface area (Å²) in [5, 5.41) is 8.64. The largest absolute Gasteiger partial charge is 0.481 e. The zero-order valence-electron chi connectivity index (χ0n) is 7.32. The van der Waals surface area contributed by atoms with E-state index in [0.717, 1.165) is 5.56 Å². The van der Waals surface area contributed by atoms with Crippen LogP contribution in [0, 0.1) is 0 Å². The molecule has 3 heteroatoms. The van der Waals surface area contributed by atoms with Gasteiger partial charge in [-0.3, -0.25) is 4.79 Å². The molecule has 0 saturated carbocycles. The monoisotopic (exact) mass is 173 g/mol. The van der Waals surface area contributed by atoms with Crippen molar-refractivity contribution in [2.75, 3.05) is 0 Å². The van der Waals surface area contributed by atoms with E-state index in [2.05, 4.69) is 0 Å². The maximum absolute atomic E-state index is 10.5. The van der Waals surface area contributed by atoms with E-state index in [1.54, 1.807) is 6.92 Å². The van der Waals surface area contributed by atoms with Crippen molar-refractivity contribution < 1.29 is 9.90 Å². The molecule has 0 spiro atoms. The van der Waals surface area contributed by atoms with E-state index in [0.29, 0.717) is 0 Å². The number of carboxylic acids is 1. The fourth-order valence-electron chi connectivity index (χ4n) is 0.884. The molecule has 1 aromatic rings. The van der Waals surface area contributed by atoms with Gasteiger partial charge in [0.25, 0.3) is 0 Å². The van der Waals surface area contributed by atoms with Crippen LogP contribution in [0.4, 0.5) is 0 Å². The minimum Gasteiger partial charge on any atom is -0.481 e. The van der Waals surface area contributed by atoms with E-state index in [1.807, 2.05) is 30.3 Å². The van der Waals surface area contributed by atoms with Gasteiger partial charge in [-0.15, -0.1) is 0 Å². The number of carboxylic acid groups (broad SMARTS) is 1. The van der Waals surface area contributed by atoms with E-state index in [9.17, 15) is 4.79 Å². The smallest absolute Gasteiger partial charge is 0.310 e. The second-order valence-electron chi connectivity index (χ2n) is 2.47. The molecule has 0 aromatic heterocycles. The standard InChI is InChI=1S/C9H10O2.Na/c1-7(9(10)11)8-5-3-2-4-6-8;/h2-7H,1H3,(H,10,11);. The van der Waals surface area contributed by atoms with Crippen molar-refractivity contribution >= 4 is 35.5 Å². The molecule has 0 fully saturated rings. The van der Waals surface area contributed by atoms with Gasteiger partial charge in [0.05, 0.1) is 5.92 Å². The summed E-state index contributed by atoms with van der Waals surface area (Å²) in [6.07, 6.45) is 0. The molecular formula is C9H10NaO2. The maximum Gasteiger partial charge on any atom is 0.310 e. The van der Waals surface area contributed by atoms with Crippen LogP contribution in [0.5, 0.6) is 0 Å². The van der Waals surface area contributed by atoms with Gasteiger partial charge in [-0.05, 0) is 12.5 Å². The van der Waals surface area contributed by atoms with Gasteiger partial charge < -0.3 is 5.11 Å². The summed E-state index contributed by atoms with van der Waals surface area (Å²) in [7, 11) is 0. The Kier molecular flexibility index (Phi) is 5.22. The molecule has 1 rings (SSSR count). The third-order valence-electron chi connectivity index (χ3n) is 1.67. The minimum atomic E-state index is -0.781. The van der Waals surface area contributed by atoms with Crippen LogP contribution in [0.1, 0.15) is 18.4 Å². The van der Waals surface area contributed by atoms with Crippen LogP contribution in [0.3, 0.4) is 0 Å². The van der Waals surface area contributed by atoms with Crippen molar-refractivity contribution in [2.24, 2.45) is 0 Å². The molecule has 0 amide bonds. The Morgan fingerprint density at radius 2 is 1.83 bits per heavy atom. The number of carbonyl (C=O) groups is 1. The van der Waals surface area contributed by atoms with Crippen molar-refractivity contribution in [1.29, 1.82) is 0 Å². The van der Waals surface area contributed by atoms with Crippen molar-refractivity contribution in [3.8, 4) is 0 Å². The second kappa shape index (κ2) is 5.36. The summed E-state index contributed by atoms with van der Waals surface area (Å²) in [5.74, 6) is -1.19. The molecular weight excluding hydrogens is 163 g/mol. The molecule has 0 aliphatic heterocycles. The average molecular weight is 173 g/mol. The van der Waals surface area contributed by atoms with Gasteiger partial charge in [0.1, 0.15) is 0 Å². The van der Waals surface area contributed by atoms with Crippen LogP contribution in [0.15, 0.2) is 30.3 Å². The van der Waals surface area contributed by atoms with E-state index in [-0.39, 0.29) is 29.6 Å². The molecule has 1 radical (unpaired) electrons. The summed E-state index contributed by atoms with van der Waals surface area (Å²) in [6, 6.07) is 9.19. The van der Waals surface area contributed by atoms with Gasteiger partial charge >= 0.3 is 5.97 Å². The zero-order chi connectivity index (χ0) is 8.27. The predicted octanol–water partition coefficient (Wildman–Crippen LogP) is 1.49. The van der Waals surface area contributed by atoms with E-state index < -0.39 is 11.9 Å². The van der Waals surface area contributed by atoms with Crippen molar-refractivity contribution in [3.05, 3.63) is 35.9 Å². The molecule has 2 nitrogen and oxygen atoms in total. The van der Waals surface area contributed by atoms with Gasteiger partial charge in [-0.25, -0.2) is 0 Å². The predicted molar refractivity (Wildman–Crippen MR) is 48.2 cm³/mol. The van der Waals surface area contributed by atoms with Gasteiger partial charge in [0.2, 0.25) is 0 Å². The molecule has 0 aliphatic rings. The first-order chi connectivity index (χ1) is 5.22. The Balaban J connectivity index is 0.00000121. The Labute approximate surface area is 93.9 Å². The summed E-state index contributed by atoms with van der Waals surface area (Å²) in [4.78, 5) is 10.5. The van der Waals surface area contributed by atoms with Crippen molar-refractivity contribution in [1.82, 2.24) is 0 Å². The van der Waals surface area contributed by atoms with Crippen molar-refractivity contribution in [2.45, 2.75) is 12.8 Å². The van der Waals surface area contributed by atoms with Gasteiger partial charge in [-0.2, -0.15) is 0 Å². The Morgan fingerprint density at radius 1 is 1.33 bits per heavy atom. The van der Waals surface area contributed by atoms with Crippen LogP contribution >= 0.6 is 0 Å². The van der Waals surface area contributed by atoms with E-state index in [4.69, 9.17) is 5.11 Å². The number of rotatable bonds is 2. The van der Waals surface area contributed by atoms with Crippen LogP contribution in [0.25, 0.3) is 0 Å². The Hall–Kier alpha value is -0.310. The normalized spacial score (nSPS) is 11.4. The quantitative estimate of drug-likeness (QED) is 0.688. The molecule has 0 saturated heterocycles. The molecule has 1 unspecified atom stereocenters. The molecule has 1 N–H and O–H groups in total. The second-order valence-corrected chi connectivity index (χ2v) is 2.47. The number of aliphatic carboxylic acids is 1. The first-order valence-corrected chi connectivity index (χ1v) is 3.49. The maximum atomic E-state index is 10.5. The molecule has 1 atom stereocenters. The zero-order valence-corrected chi connectivity index (χ0v) is 9.32. The molecule has 1 aromatic carbocycles. The number of hydrogen-bond acceptors (Lipinski definition) is 1. The fraction of sp³-hybridized carbons (Fsp3) is 0.222. The SMILES string of the molecule is CC(C(=O)O)c1ccccc1.[Na]. The van der Waals surface area contributed by atoms with Gasteiger partial charge in [0.15, 0.2) is 0 Å². The molecule has 0 aliphatic carbocycles. The summed E-state index contributed by atoms with van der Waals surface area (Å²) < 4.78 is 0. The summed E-state index contributed by atoms with van der Waals surface area (Å²) >= 11 is 0. The van der Waals surface area contributed by atoms with Crippen LogP contribution in [-0.2, 0) is 4.79 Å². The first-order valence-electron chi connectivity index (χ1n) is 3.49. The van der Waals surface area contributed by atoms with E-state index >= 15 is 0 Å². The van der Waals surface area contributed by atoms with Gasteiger partial charge in [0, 0.05) is 29.6 Å². The number of hydrogen-bond donors (Lipinski definition) is 1. The molecule has 0 bridgehead atoms. The summed E-state index contributed by atoms with van der Waals surface area (Å²) in [6.45, 7) is 1.68. The summed E-state index contributed by atoms with van der Waals surface area (Å²) in [5.41, 5.74) is 0.847. The molecule has 12 heavy (non-hydrogen) atoms. The Bertz CT molecular complexity index is 246. The molecule has 59 valence electrons. The van der Waals surface area contributed by atoms with Crippen molar-refractivity contribution in [3.63, 3.8) is 0 Å². The fourth-order valence-corrected chi connectivity index (χ4v) is 0.884. The molecule has 0 heterocycles.